The monoisotopic (exact) mass is 216 g/mol. The molecule has 1 saturated heterocycles. The number of ether oxygens (including phenoxy) is 1. The molecule has 0 bridgehead atoms. The van der Waals surface area contributed by atoms with Crippen LogP contribution in [-0.4, -0.2) is 44.3 Å². The third kappa shape index (κ3) is 5.17. The third-order valence-electron chi connectivity index (χ3n) is 1.92. The summed E-state index contributed by atoms with van der Waals surface area (Å²) in [7, 11) is 1.73. The number of nitrogens with two attached hydrogens (primary N) is 1. The predicted molar refractivity (Wildman–Crippen MR) is 55.4 cm³/mol. The van der Waals surface area contributed by atoms with E-state index in [1.54, 1.807) is 7.11 Å². The second-order valence-corrected chi connectivity index (χ2v) is 2.84. The number of likely N-dealkylation sites (tertiary alicyclic amines) is 1. The Balaban J connectivity index is 0. The van der Waals surface area contributed by atoms with Crippen LogP contribution in [0.5, 0.6) is 0 Å². The average molecular weight is 217 g/mol. The van der Waals surface area contributed by atoms with E-state index in [2.05, 4.69) is 4.90 Å². The molecule has 1 fully saturated rings. The molecule has 5 heteroatoms. The summed E-state index contributed by atoms with van der Waals surface area (Å²) in [6, 6.07) is 0.400. The molecule has 1 aliphatic rings. The van der Waals surface area contributed by atoms with Crippen molar-refractivity contribution in [3.8, 4) is 0 Å². The first-order chi connectivity index (χ1) is 4.83. The Labute approximate surface area is 86.4 Å². The number of methoxy groups -OCH3 is 1. The van der Waals surface area contributed by atoms with E-state index in [4.69, 9.17) is 10.5 Å². The van der Waals surface area contributed by atoms with Gasteiger partial charge in [-0.2, -0.15) is 0 Å². The molecule has 0 aromatic heterocycles. The lowest BCUT2D eigenvalue weighted by atomic mass is 10.3. The van der Waals surface area contributed by atoms with Crippen LogP contribution in [0.15, 0.2) is 0 Å². The van der Waals surface area contributed by atoms with Gasteiger partial charge in [-0.15, -0.1) is 24.8 Å². The fourth-order valence-electron chi connectivity index (χ4n) is 1.29. The van der Waals surface area contributed by atoms with E-state index in [9.17, 15) is 0 Å². The van der Waals surface area contributed by atoms with Gasteiger partial charge in [0.05, 0.1) is 6.61 Å². The van der Waals surface area contributed by atoms with Gasteiger partial charge < -0.3 is 10.5 Å². The molecule has 0 aromatic rings. The van der Waals surface area contributed by atoms with Crippen LogP contribution < -0.4 is 5.73 Å². The quantitative estimate of drug-likeness (QED) is 0.748. The molecule has 3 nitrogen and oxygen atoms in total. The summed E-state index contributed by atoms with van der Waals surface area (Å²) >= 11 is 0. The van der Waals surface area contributed by atoms with E-state index in [0.717, 1.165) is 32.7 Å². The van der Waals surface area contributed by atoms with Crippen LogP contribution in [-0.2, 0) is 4.74 Å². The van der Waals surface area contributed by atoms with Crippen LogP contribution in [0.25, 0.3) is 0 Å². The zero-order chi connectivity index (χ0) is 7.40. The van der Waals surface area contributed by atoms with Gasteiger partial charge >= 0.3 is 0 Å². The second-order valence-electron chi connectivity index (χ2n) is 2.84. The molecule has 76 valence electrons. The van der Waals surface area contributed by atoms with E-state index in [1.807, 2.05) is 0 Å². The highest BCUT2D eigenvalue weighted by atomic mass is 35.5. The second kappa shape index (κ2) is 8.08. The smallest absolute Gasteiger partial charge is 0.0589 e. The molecule has 1 atom stereocenters. The van der Waals surface area contributed by atoms with Gasteiger partial charge in [-0.25, -0.2) is 0 Å². The fourth-order valence-corrected chi connectivity index (χ4v) is 1.29. The molecule has 0 unspecified atom stereocenters. The Morgan fingerprint density at radius 2 is 2.17 bits per heavy atom. The van der Waals surface area contributed by atoms with E-state index in [1.165, 1.54) is 0 Å². The fraction of sp³-hybridized carbons (Fsp3) is 1.00. The number of rotatable bonds is 3. The normalized spacial score (nSPS) is 23.0. The van der Waals surface area contributed by atoms with E-state index < -0.39 is 0 Å². The largest absolute Gasteiger partial charge is 0.383 e. The molecule has 0 saturated carbocycles. The summed E-state index contributed by atoms with van der Waals surface area (Å²) in [6.07, 6.45) is 1.14. The Kier molecular flexibility index (Phi) is 10.1. The lowest BCUT2D eigenvalue weighted by Gasteiger charge is -2.13. The third-order valence-corrected chi connectivity index (χ3v) is 1.92. The van der Waals surface area contributed by atoms with Crippen LogP contribution in [0.2, 0.25) is 0 Å². The minimum Gasteiger partial charge on any atom is -0.383 e. The van der Waals surface area contributed by atoms with E-state index in [-0.39, 0.29) is 24.8 Å². The molecule has 0 aromatic carbocycles. The molecule has 0 radical (unpaired) electrons. The van der Waals surface area contributed by atoms with Gasteiger partial charge in [-0.3, -0.25) is 4.90 Å². The van der Waals surface area contributed by atoms with Crippen LogP contribution in [0, 0.1) is 0 Å². The van der Waals surface area contributed by atoms with Crippen molar-refractivity contribution in [3.63, 3.8) is 0 Å². The minimum absolute atomic E-state index is 0. The summed E-state index contributed by atoms with van der Waals surface area (Å²) in [5.74, 6) is 0. The van der Waals surface area contributed by atoms with Gasteiger partial charge in [-0.1, -0.05) is 0 Å². The van der Waals surface area contributed by atoms with Crippen molar-refractivity contribution in [2.75, 3.05) is 33.4 Å². The van der Waals surface area contributed by atoms with E-state index >= 15 is 0 Å². The zero-order valence-electron chi connectivity index (χ0n) is 7.36. The molecule has 1 rings (SSSR count). The van der Waals surface area contributed by atoms with Crippen molar-refractivity contribution in [2.24, 2.45) is 5.73 Å². The Morgan fingerprint density at radius 3 is 2.58 bits per heavy atom. The maximum atomic E-state index is 5.71. The Morgan fingerprint density at radius 1 is 1.50 bits per heavy atom. The highest BCUT2D eigenvalue weighted by molar-refractivity contribution is 5.85. The standard InChI is InChI=1S/C7H16N2O.2ClH/c1-10-5-4-9-3-2-7(8)6-9;;/h7H,2-6,8H2,1H3;2*1H/t7-;;/m1../s1. The van der Waals surface area contributed by atoms with Gasteiger partial charge in [0.1, 0.15) is 0 Å². The van der Waals surface area contributed by atoms with Gasteiger partial charge in [0.2, 0.25) is 0 Å². The van der Waals surface area contributed by atoms with Crippen LogP contribution >= 0.6 is 24.8 Å². The molecular weight excluding hydrogens is 199 g/mol. The van der Waals surface area contributed by atoms with Gasteiger partial charge in [0.25, 0.3) is 0 Å². The molecule has 2 N–H and O–H groups in total. The minimum atomic E-state index is 0. The van der Waals surface area contributed by atoms with E-state index in [0.29, 0.717) is 6.04 Å². The number of hydrogen-bond donors (Lipinski definition) is 1. The predicted octanol–water partition coefficient (Wildman–Crippen LogP) is 0.509. The van der Waals surface area contributed by atoms with Gasteiger partial charge in [0, 0.05) is 26.2 Å². The lowest BCUT2D eigenvalue weighted by molar-refractivity contribution is 0.160. The molecule has 0 spiro atoms. The number of hydrogen-bond acceptors (Lipinski definition) is 3. The van der Waals surface area contributed by atoms with Crippen molar-refractivity contribution in [2.45, 2.75) is 12.5 Å². The molecule has 12 heavy (non-hydrogen) atoms. The highest BCUT2D eigenvalue weighted by Crippen LogP contribution is 2.05. The van der Waals surface area contributed by atoms with Gasteiger partial charge in [0.15, 0.2) is 0 Å². The molecule has 0 amide bonds. The lowest BCUT2D eigenvalue weighted by Crippen LogP contribution is -2.28. The maximum Gasteiger partial charge on any atom is 0.0589 e. The topological polar surface area (TPSA) is 38.5 Å². The number of halogens is 2. The van der Waals surface area contributed by atoms with Crippen molar-refractivity contribution in [3.05, 3.63) is 0 Å². The zero-order valence-corrected chi connectivity index (χ0v) is 9.00. The Hall–Kier alpha value is 0.460. The van der Waals surface area contributed by atoms with Crippen LogP contribution in [0.3, 0.4) is 0 Å². The van der Waals surface area contributed by atoms with Crippen molar-refractivity contribution in [1.82, 2.24) is 4.90 Å². The highest BCUT2D eigenvalue weighted by Gasteiger charge is 2.17. The molecular formula is C7H18Cl2N2O. The van der Waals surface area contributed by atoms with Crippen molar-refractivity contribution >= 4 is 24.8 Å². The summed E-state index contributed by atoms with van der Waals surface area (Å²) in [6.45, 7) is 4.05. The number of nitrogens with zero attached hydrogens (tertiary/aromatic N) is 1. The van der Waals surface area contributed by atoms with Crippen molar-refractivity contribution in [1.29, 1.82) is 0 Å². The summed E-state index contributed by atoms with van der Waals surface area (Å²) in [5.41, 5.74) is 5.71. The first-order valence-electron chi connectivity index (χ1n) is 3.80. The average Bonchev–Trinajstić information content (AvgIpc) is 2.31. The summed E-state index contributed by atoms with van der Waals surface area (Å²) in [5, 5.41) is 0. The maximum absolute atomic E-state index is 5.71. The summed E-state index contributed by atoms with van der Waals surface area (Å²) < 4.78 is 4.96. The first-order valence-corrected chi connectivity index (χ1v) is 3.80. The first kappa shape index (κ1) is 15.0. The molecule has 1 heterocycles. The van der Waals surface area contributed by atoms with Crippen molar-refractivity contribution < 1.29 is 4.74 Å². The Bertz CT molecular complexity index is 105. The van der Waals surface area contributed by atoms with Crippen LogP contribution in [0.4, 0.5) is 0 Å². The SMILES string of the molecule is COCCN1CC[C@@H](N)C1.Cl.Cl. The van der Waals surface area contributed by atoms with Gasteiger partial charge in [-0.05, 0) is 13.0 Å². The molecule has 0 aliphatic carbocycles. The summed E-state index contributed by atoms with van der Waals surface area (Å²) in [4.78, 5) is 2.34. The molecule has 1 aliphatic heterocycles. The van der Waals surface area contributed by atoms with Crippen LogP contribution in [0.1, 0.15) is 6.42 Å².